The Morgan fingerprint density at radius 1 is 1.29 bits per heavy atom. The van der Waals surface area contributed by atoms with E-state index in [2.05, 4.69) is 0 Å². The standard InChI is InChI=1S/C9H7F2O.Hg.Na/c1-7(12)9(10,11)8-5-3-2-4-6-8;;/h1-6,12H;;/q;;+1/p-1. The molecule has 0 aliphatic heterocycles. The Morgan fingerprint density at radius 3 is 2.21 bits per heavy atom. The van der Waals surface area contributed by atoms with Crippen molar-refractivity contribution in [1.82, 2.24) is 0 Å². The Kier molecular flexibility index (Phi) is 6.45. The topological polar surface area (TPSA) is 23.1 Å². The van der Waals surface area contributed by atoms with Crippen molar-refractivity contribution in [3.05, 3.63) is 45.2 Å². The number of rotatable bonds is 2. The summed E-state index contributed by atoms with van der Waals surface area (Å²) in [5.41, 5.74) is -0.235. The molecule has 0 N–H and O–H groups in total. The summed E-state index contributed by atoms with van der Waals surface area (Å²) in [5, 5.41) is 10.9. The van der Waals surface area contributed by atoms with Gasteiger partial charge in [-0.3, -0.25) is 0 Å². The molecule has 1 aromatic rings. The van der Waals surface area contributed by atoms with Crippen molar-refractivity contribution in [2.75, 3.05) is 0 Å². The molecular formula is C9H6F2HgNaO. The number of hydrogen-bond acceptors (Lipinski definition) is 1. The number of alkyl halides is 2. The maximum absolute atomic E-state index is 13.2. The van der Waals surface area contributed by atoms with Crippen LogP contribution in [0.15, 0.2) is 39.7 Å². The SMILES string of the molecule is [Na+].[O-]/C(=[CH]\[Hg])C(F)(F)c1ccccc1. The third-order valence-electron chi connectivity index (χ3n) is 1.63. The van der Waals surface area contributed by atoms with Gasteiger partial charge < -0.3 is 0 Å². The zero-order chi connectivity index (χ0) is 9.90. The Morgan fingerprint density at radius 2 is 1.79 bits per heavy atom. The monoisotopic (exact) mass is 393 g/mol. The van der Waals surface area contributed by atoms with Crippen LogP contribution in [-0.2, 0) is 32.0 Å². The van der Waals surface area contributed by atoms with Crippen molar-refractivity contribution >= 4 is 0 Å². The summed E-state index contributed by atoms with van der Waals surface area (Å²) in [6.07, 6.45) is 0. The molecule has 0 bridgehead atoms. The molecule has 0 fully saturated rings. The zero-order valence-electron chi connectivity index (χ0n) is 7.84. The van der Waals surface area contributed by atoms with Crippen molar-refractivity contribution in [2.45, 2.75) is 5.92 Å². The van der Waals surface area contributed by atoms with Gasteiger partial charge in [0, 0.05) is 0 Å². The fraction of sp³-hybridized carbons (Fsp3) is 0.111. The second kappa shape index (κ2) is 6.21. The normalized spacial score (nSPS) is 12.1. The van der Waals surface area contributed by atoms with Gasteiger partial charge in [0.1, 0.15) is 0 Å². The molecule has 0 aromatic heterocycles. The molecule has 5 heteroatoms. The fourth-order valence-electron chi connectivity index (χ4n) is 0.918. The predicted octanol–water partition coefficient (Wildman–Crippen LogP) is -1.47. The van der Waals surface area contributed by atoms with Crippen LogP contribution in [0.5, 0.6) is 0 Å². The first-order valence-electron chi connectivity index (χ1n) is 3.69. The Labute approximate surface area is 119 Å². The van der Waals surface area contributed by atoms with E-state index in [9.17, 15) is 13.9 Å². The molecular weight excluding hydrogens is 386 g/mol. The fourth-order valence-corrected chi connectivity index (χ4v) is 1.91. The molecule has 0 aliphatic carbocycles. The quantitative estimate of drug-likeness (QED) is 0.446. The van der Waals surface area contributed by atoms with Gasteiger partial charge in [-0.2, -0.15) is 0 Å². The summed E-state index contributed by atoms with van der Waals surface area (Å²) < 4.78 is 27.5. The van der Waals surface area contributed by atoms with Crippen LogP contribution in [0.4, 0.5) is 8.78 Å². The van der Waals surface area contributed by atoms with Crippen molar-refractivity contribution in [1.29, 1.82) is 0 Å². The second-order valence-electron chi connectivity index (χ2n) is 2.51. The van der Waals surface area contributed by atoms with Crippen LogP contribution < -0.4 is 34.7 Å². The number of halogens is 2. The average Bonchev–Trinajstić information content (AvgIpc) is 2.18. The molecule has 0 unspecified atom stereocenters. The summed E-state index contributed by atoms with van der Waals surface area (Å²) in [7, 11) is 0. The van der Waals surface area contributed by atoms with E-state index in [0.29, 0.717) is 0 Å². The minimum absolute atomic E-state index is 0. The van der Waals surface area contributed by atoms with E-state index in [1.165, 1.54) is 24.3 Å². The molecule has 0 atom stereocenters. The van der Waals surface area contributed by atoms with E-state index >= 15 is 0 Å². The van der Waals surface area contributed by atoms with E-state index in [1.807, 2.05) is 0 Å². The van der Waals surface area contributed by atoms with Crippen LogP contribution in [0.1, 0.15) is 5.56 Å². The first-order chi connectivity index (χ1) is 6.09. The molecule has 0 saturated heterocycles. The van der Waals surface area contributed by atoms with Gasteiger partial charge in [0.25, 0.3) is 0 Å². The summed E-state index contributed by atoms with van der Waals surface area (Å²) in [5.74, 6) is -4.43. The van der Waals surface area contributed by atoms with E-state index in [1.54, 1.807) is 6.07 Å². The molecule has 0 spiro atoms. The van der Waals surface area contributed by atoms with E-state index in [-0.39, 0.29) is 61.2 Å². The molecule has 0 amide bonds. The summed E-state index contributed by atoms with van der Waals surface area (Å²) in [6.45, 7) is 0. The van der Waals surface area contributed by atoms with Crippen molar-refractivity contribution < 1.29 is 69.6 Å². The molecule has 0 radical (unpaired) electrons. The first-order valence-corrected chi connectivity index (χ1v) is 6.86. The van der Waals surface area contributed by atoms with Gasteiger partial charge in [-0.05, 0) is 0 Å². The minimum atomic E-state index is -3.34. The molecule has 0 saturated carbocycles. The zero-order valence-corrected chi connectivity index (χ0v) is 15.3. The second-order valence-corrected chi connectivity index (χ2v) is 4.10. The summed E-state index contributed by atoms with van der Waals surface area (Å²) in [6, 6.07) is 7.14. The summed E-state index contributed by atoms with van der Waals surface area (Å²) in [4.78, 5) is 0. The molecule has 0 aliphatic rings. The van der Waals surface area contributed by atoms with Gasteiger partial charge in [-0.15, -0.1) is 0 Å². The van der Waals surface area contributed by atoms with Gasteiger partial charge in [-0.25, -0.2) is 0 Å². The van der Waals surface area contributed by atoms with Crippen LogP contribution in [-0.4, -0.2) is 0 Å². The van der Waals surface area contributed by atoms with Crippen molar-refractivity contribution in [3.63, 3.8) is 0 Å². The Bertz CT molecular complexity index is 314. The van der Waals surface area contributed by atoms with E-state index in [4.69, 9.17) is 0 Å². The number of hydrogen-bond donors (Lipinski definition) is 0. The molecule has 14 heavy (non-hydrogen) atoms. The van der Waals surface area contributed by atoms with Crippen LogP contribution in [0.25, 0.3) is 0 Å². The Hall–Kier alpha value is 0.555. The van der Waals surface area contributed by atoms with Gasteiger partial charge >= 0.3 is 121 Å². The van der Waals surface area contributed by atoms with Gasteiger partial charge in [0.05, 0.1) is 0 Å². The molecule has 1 aromatic carbocycles. The van der Waals surface area contributed by atoms with Gasteiger partial charge in [-0.1, -0.05) is 0 Å². The van der Waals surface area contributed by atoms with Crippen LogP contribution >= 0.6 is 0 Å². The van der Waals surface area contributed by atoms with Crippen LogP contribution in [0.3, 0.4) is 0 Å². The van der Waals surface area contributed by atoms with Gasteiger partial charge in [0.2, 0.25) is 0 Å². The van der Waals surface area contributed by atoms with Crippen LogP contribution in [0, 0.1) is 0 Å². The molecule has 1 rings (SSSR count). The number of benzene rings is 1. The molecule has 1 nitrogen and oxygen atoms in total. The molecule has 0 heterocycles. The molecule has 65 valence electrons. The average molecular weight is 392 g/mol. The summed E-state index contributed by atoms with van der Waals surface area (Å²) >= 11 is -0.0316. The predicted molar refractivity (Wildman–Crippen MR) is 38.4 cm³/mol. The van der Waals surface area contributed by atoms with E-state index < -0.39 is 11.7 Å². The number of allylic oxidation sites excluding steroid dienone is 1. The first kappa shape index (κ1) is 14.6. The van der Waals surface area contributed by atoms with Gasteiger partial charge in [0.15, 0.2) is 0 Å². The van der Waals surface area contributed by atoms with E-state index in [0.717, 1.165) is 3.58 Å². The van der Waals surface area contributed by atoms with Crippen LogP contribution in [0.2, 0.25) is 0 Å². The maximum atomic E-state index is 13.2. The van der Waals surface area contributed by atoms with Crippen molar-refractivity contribution in [3.8, 4) is 0 Å². The Balaban J connectivity index is 0.00000169. The third-order valence-corrected chi connectivity index (χ3v) is 3.07. The third kappa shape index (κ3) is 3.30. The van der Waals surface area contributed by atoms with Crippen molar-refractivity contribution in [2.24, 2.45) is 0 Å².